The van der Waals surface area contributed by atoms with Crippen molar-refractivity contribution in [2.45, 2.75) is 0 Å². The van der Waals surface area contributed by atoms with Gasteiger partial charge in [0.2, 0.25) is 0 Å². The first-order valence-electron chi connectivity index (χ1n) is 6.49. The van der Waals surface area contributed by atoms with Gasteiger partial charge in [0.05, 0.1) is 28.7 Å². The molecular weight excluding hydrogens is 326 g/mol. The van der Waals surface area contributed by atoms with Crippen LogP contribution in [0.5, 0.6) is 0 Å². The second-order valence-corrected chi connectivity index (χ2v) is 5.21. The van der Waals surface area contributed by atoms with E-state index in [1.807, 2.05) is 0 Å². The fourth-order valence-corrected chi connectivity index (χ4v) is 2.32. The molecule has 2 N–H and O–H groups in total. The topological polar surface area (TPSA) is 62.2 Å². The third kappa shape index (κ3) is 2.93. The molecule has 0 fully saturated rings. The number of aromatic carboxylic acids is 1. The first-order valence-corrected chi connectivity index (χ1v) is 6.87. The Morgan fingerprint density at radius 3 is 2.70 bits per heavy atom. The van der Waals surface area contributed by atoms with E-state index in [1.165, 1.54) is 6.20 Å². The van der Waals surface area contributed by atoms with Gasteiger partial charge < -0.3 is 10.4 Å². The summed E-state index contributed by atoms with van der Waals surface area (Å²) < 4.78 is 27.3. The Kier molecular flexibility index (Phi) is 3.83. The fraction of sp³-hybridized carbons (Fsp3) is 0. The molecule has 0 saturated heterocycles. The highest BCUT2D eigenvalue weighted by atomic mass is 35.5. The normalized spacial score (nSPS) is 10.7. The minimum atomic E-state index is -1.37. The van der Waals surface area contributed by atoms with E-state index < -0.39 is 23.3 Å². The number of anilines is 2. The van der Waals surface area contributed by atoms with Crippen molar-refractivity contribution in [3.8, 4) is 0 Å². The first-order chi connectivity index (χ1) is 11.0. The summed E-state index contributed by atoms with van der Waals surface area (Å²) in [5, 5.41) is 12.9. The molecule has 0 unspecified atom stereocenters. The molecule has 0 bridgehead atoms. The molecule has 4 nitrogen and oxygen atoms in total. The van der Waals surface area contributed by atoms with Crippen LogP contribution in [0.25, 0.3) is 10.9 Å². The predicted octanol–water partition coefficient (Wildman–Crippen LogP) is 4.61. The maximum atomic E-state index is 13.9. The molecule has 0 aliphatic heterocycles. The van der Waals surface area contributed by atoms with Crippen molar-refractivity contribution in [1.82, 2.24) is 4.98 Å². The van der Waals surface area contributed by atoms with E-state index in [2.05, 4.69) is 10.3 Å². The second-order valence-electron chi connectivity index (χ2n) is 4.78. The average molecular weight is 335 g/mol. The van der Waals surface area contributed by atoms with Crippen LogP contribution >= 0.6 is 11.6 Å². The number of aromatic nitrogens is 1. The van der Waals surface area contributed by atoms with Gasteiger partial charge in [-0.1, -0.05) is 17.7 Å². The SMILES string of the molecule is O=C(O)c1ccc(F)c(F)c1Nc1cnc2cc(Cl)ccc2c1. The van der Waals surface area contributed by atoms with Crippen LogP contribution in [-0.2, 0) is 0 Å². The van der Waals surface area contributed by atoms with E-state index in [-0.39, 0.29) is 5.56 Å². The minimum absolute atomic E-state index is 0.326. The number of carbonyl (C=O) groups is 1. The van der Waals surface area contributed by atoms with E-state index in [4.69, 9.17) is 16.7 Å². The number of nitrogens with one attached hydrogen (secondary N) is 1. The van der Waals surface area contributed by atoms with Crippen LogP contribution in [0.2, 0.25) is 5.02 Å². The summed E-state index contributed by atoms with van der Waals surface area (Å²) in [6.07, 6.45) is 1.38. The van der Waals surface area contributed by atoms with Crippen LogP contribution in [0, 0.1) is 11.6 Å². The first kappa shape index (κ1) is 15.2. The van der Waals surface area contributed by atoms with Crippen LogP contribution < -0.4 is 5.32 Å². The van der Waals surface area contributed by atoms with Gasteiger partial charge in [0.15, 0.2) is 11.6 Å². The number of pyridine rings is 1. The lowest BCUT2D eigenvalue weighted by Crippen LogP contribution is -2.06. The highest BCUT2D eigenvalue weighted by molar-refractivity contribution is 6.31. The van der Waals surface area contributed by atoms with Gasteiger partial charge >= 0.3 is 5.97 Å². The van der Waals surface area contributed by atoms with Crippen LogP contribution in [-0.4, -0.2) is 16.1 Å². The summed E-state index contributed by atoms with van der Waals surface area (Å²) in [7, 11) is 0. The quantitative estimate of drug-likeness (QED) is 0.734. The zero-order valence-corrected chi connectivity index (χ0v) is 12.2. The predicted molar refractivity (Wildman–Crippen MR) is 83.4 cm³/mol. The lowest BCUT2D eigenvalue weighted by Gasteiger charge is -2.11. The molecular formula is C16H9ClF2N2O2. The molecule has 0 saturated carbocycles. The Balaban J connectivity index is 2.07. The summed E-state index contributed by atoms with van der Waals surface area (Å²) in [6.45, 7) is 0. The maximum Gasteiger partial charge on any atom is 0.337 e. The molecule has 0 aliphatic rings. The third-order valence-corrected chi connectivity index (χ3v) is 3.48. The summed E-state index contributed by atoms with van der Waals surface area (Å²) in [5.41, 5.74) is 0.126. The van der Waals surface area contributed by atoms with Crippen molar-refractivity contribution >= 4 is 39.8 Å². The summed E-state index contributed by atoms with van der Waals surface area (Å²) >= 11 is 5.87. The zero-order chi connectivity index (χ0) is 16.6. The minimum Gasteiger partial charge on any atom is -0.478 e. The molecule has 23 heavy (non-hydrogen) atoms. The van der Waals surface area contributed by atoms with E-state index in [9.17, 15) is 13.6 Å². The molecule has 0 radical (unpaired) electrons. The van der Waals surface area contributed by atoms with Crippen molar-refractivity contribution in [3.05, 3.63) is 64.8 Å². The fourth-order valence-electron chi connectivity index (χ4n) is 2.16. The molecule has 3 aromatic rings. The lowest BCUT2D eigenvalue weighted by molar-refractivity contribution is 0.0697. The van der Waals surface area contributed by atoms with E-state index in [0.717, 1.165) is 12.1 Å². The zero-order valence-electron chi connectivity index (χ0n) is 11.5. The molecule has 3 rings (SSSR count). The summed E-state index contributed by atoms with van der Waals surface area (Å²) in [5.74, 6) is -3.77. The van der Waals surface area contributed by atoms with Crippen LogP contribution in [0.1, 0.15) is 10.4 Å². The molecule has 2 aromatic carbocycles. The van der Waals surface area contributed by atoms with E-state index >= 15 is 0 Å². The Labute approximate surface area is 134 Å². The standard InChI is InChI=1S/C16H9ClF2N2O2/c17-9-2-1-8-5-10(7-20-13(8)6-9)21-15-11(16(22)23)3-4-12(18)14(15)19/h1-7,21H,(H,22,23). The van der Waals surface area contributed by atoms with E-state index in [0.29, 0.717) is 21.6 Å². The number of carboxylic acids is 1. The molecule has 0 aliphatic carbocycles. The van der Waals surface area contributed by atoms with Crippen LogP contribution in [0.3, 0.4) is 0 Å². The monoisotopic (exact) mass is 334 g/mol. The second kappa shape index (κ2) is 5.81. The van der Waals surface area contributed by atoms with E-state index in [1.54, 1.807) is 24.3 Å². The van der Waals surface area contributed by atoms with Gasteiger partial charge in [0.25, 0.3) is 0 Å². The summed E-state index contributed by atoms with van der Waals surface area (Å²) in [6, 6.07) is 8.44. The van der Waals surface area contributed by atoms with Crippen molar-refractivity contribution in [2.75, 3.05) is 5.32 Å². The highest BCUT2D eigenvalue weighted by Crippen LogP contribution is 2.28. The largest absolute Gasteiger partial charge is 0.478 e. The van der Waals surface area contributed by atoms with Gasteiger partial charge in [0, 0.05) is 10.4 Å². The molecule has 116 valence electrons. The molecule has 0 spiro atoms. The Bertz CT molecular complexity index is 931. The number of halogens is 3. The van der Waals surface area contributed by atoms with Crippen LogP contribution in [0.4, 0.5) is 20.2 Å². The van der Waals surface area contributed by atoms with Gasteiger partial charge in [0.1, 0.15) is 0 Å². The van der Waals surface area contributed by atoms with Gasteiger partial charge in [-0.2, -0.15) is 0 Å². The number of hydrogen-bond acceptors (Lipinski definition) is 3. The van der Waals surface area contributed by atoms with Gasteiger partial charge in [-0.25, -0.2) is 13.6 Å². The average Bonchev–Trinajstić information content (AvgIpc) is 2.51. The maximum absolute atomic E-state index is 13.9. The number of hydrogen-bond donors (Lipinski definition) is 2. The van der Waals surface area contributed by atoms with Gasteiger partial charge in [-0.15, -0.1) is 0 Å². The molecule has 1 aromatic heterocycles. The van der Waals surface area contributed by atoms with Crippen molar-refractivity contribution in [1.29, 1.82) is 0 Å². The van der Waals surface area contributed by atoms with Gasteiger partial charge in [-0.05, 0) is 30.3 Å². The third-order valence-electron chi connectivity index (χ3n) is 3.24. The Morgan fingerprint density at radius 2 is 1.96 bits per heavy atom. The molecule has 0 atom stereocenters. The van der Waals surface area contributed by atoms with Crippen molar-refractivity contribution in [3.63, 3.8) is 0 Å². The van der Waals surface area contributed by atoms with Crippen molar-refractivity contribution in [2.24, 2.45) is 0 Å². The number of nitrogens with zero attached hydrogens (tertiary/aromatic N) is 1. The smallest absolute Gasteiger partial charge is 0.337 e. The number of carboxylic acid groups (broad SMARTS) is 1. The number of fused-ring (bicyclic) bond motifs is 1. The molecule has 1 heterocycles. The number of benzene rings is 2. The Hall–Kier alpha value is -2.73. The number of rotatable bonds is 3. The molecule has 0 amide bonds. The highest BCUT2D eigenvalue weighted by Gasteiger charge is 2.18. The Morgan fingerprint density at radius 1 is 1.17 bits per heavy atom. The lowest BCUT2D eigenvalue weighted by atomic mass is 10.1. The summed E-state index contributed by atoms with van der Waals surface area (Å²) in [4.78, 5) is 15.3. The van der Waals surface area contributed by atoms with Crippen molar-refractivity contribution < 1.29 is 18.7 Å². The van der Waals surface area contributed by atoms with Gasteiger partial charge in [-0.3, -0.25) is 4.98 Å². The molecule has 7 heteroatoms. The van der Waals surface area contributed by atoms with Crippen LogP contribution in [0.15, 0.2) is 42.6 Å².